The van der Waals surface area contributed by atoms with Gasteiger partial charge in [-0.15, -0.1) is 0 Å². The van der Waals surface area contributed by atoms with E-state index in [-0.39, 0.29) is 11.3 Å². The highest BCUT2D eigenvalue weighted by atomic mass is 16.5. The molecule has 1 aliphatic heterocycles. The molecule has 1 fully saturated rings. The quantitative estimate of drug-likeness (QED) is 0.674. The Balaban J connectivity index is 1.45. The summed E-state index contributed by atoms with van der Waals surface area (Å²) in [5, 5.41) is 7.12. The number of amides is 1. The smallest absolute Gasteiger partial charge is 0.226 e. The van der Waals surface area contributed by atoms with Crippen LogP contribution in [0.25, 0.3) is 0 Å². The van der Waals surface area contributed by atoms with Crippen molar-refractivity contribution in [1.82, 2.24) is 20.4 Å². The summed E-state index contributed by atoms with van der Waals surface area (Å²) in [6.07, 6.45) is 3.09. The monoisotopic (exact) mass is 426 g/mol. The van der Waals surface area contributed by atoms with E-state index in [1.807, 2.05) is 0 Å². The van der Waals surface area contributed by atoms with Crippen LogP contribution >= 0.6 is 0 Å². The molecule has 1 amide bonds. The van der Waals surface area contributed by atoms with Crippen molar-refractivity contribution in [1.29, 1.82) is 0 Å². The normalized spacial score (nSPS) is 20.0. The minimum Gasteiger partial charge on any atom is -0.352 e. The highest BCUT2D eigenvalue weighted by molar-refractivity contribution is 5.75. The lowest BCUT2D eigenvalue weighted by atomic mass is 9.91. The maximum Gasteiger partial charge on any atom is 0.226 e. The van der Waals surface area contributed by atoms with Crippen LogP contribution in [-0.4, -0.2) is 34.0 Å². The number of aromatic nitrogens is 2. The van der Waals surface area contributed by atoms with E-state index in [2.05, 4.69) is 79.2 Å². The molecule has 1 saturated heterocycles. The van der Waals surface area contributed by atoms with Crippen molar-refractivity contribution in [2.75, 3.05) is 13.1 Å². The van der Waals surface area contributed by atoms with Gasteiger partial charge in [-0.2, -0.15) is 4.98 Å². The van der Waals surface area contributed by atoms with E-state index in [4.69, 9.17) is 4.52 Å². The van der Waals surface area contributed by atoms with Gasteiger partial charge in [0.05, 0.1) is 0 Å². The van der Waals surface area contributed by atoms with Crippen LogP contribution in [0.1, 0.15) is 76.7 Å². The minimum atomic E-state index is -0.128. The summed E-state index contributed by atoms with van der Waals surface area (Å²) in [4.78, 5) is 19.4. The summed E-state index contributed by atoms with van der Waals surface area (Å²) >= 11 is 0. The van der Waals surface area contributed by atoms with Gasteiger partial charge >= 0.3 is 0 Å². The first-order valence-corrected chi connectivity index (χ1v) is 11.6. The predicted molar refractivity (Wildman–Crippen MR) is 122 cm³/mol. The number of likely N-dealkylation sites (tertiary alicyclic amines) is 1. The first-order valence-electron chi connectivity index (χ1n) is 11.6. The maximum atomic E-state index is 12.4. The van der Waals surface area contributed by atoms with Crippen LogP contribution in [0.5, 0.6) is 0 Å². The topological polar surface area (TPSA) is 71.3 Å². The van der Waals surface area contributed by atoms with E-state index in [0.717, 1.165) is 31.5 Å². The molecule has 1 N–H and O–H groups in total. The van der Waals surface area contributed by atoms with Gasteiger partial charge in [0.1, 0.15) is 0 Å². The van der Waals surface area contributed by atoms with Crippen LogP contribution in [0, 0.1) is 11.8 Å². The van der Waals surface area contributed by atoms with Gasteiger partial charge in [0.25, 0.3) is 0 Å². The lowest BCUT2D eigenvalue weighted by molar-refractivity contribution is -0.121. The first-order chi connectivity index (χ1) is 14.7. The zero-order chi connectivity index (χ0) is 22.4. The molecule has 0 aliphatic carbocycles. The standard InChI is InChI=1S/C25H38N4O2/c1-18-13-19(2)16-29(15-18)17-21-10-7-6-9-20(21)14-26-22(30)11-8-12-23-27-24(28-31-23)25(3,4)5/h6-7,9-10,18-19H,8,11-17H2,1-5H3,(H,26,30)/t18-,19+. The molecule has 0 bridgehead atoms. The Morgan fingerprint density at radius 3 is 2.48 bits per heavy atom. The molecule has 2 aromatic rings. The fourth-order valence-electron chi connectivity index (χ4n) is 4.39. The lowest BCUT2D eigenvalue weighted by Crippen LogP contribution is -2.38. The molecule has 0 unspecified atom stereocenters. The molecule has 1 aromatic heterocycles. The second kappa shape index (κ2) is 10.4. The van der Waals surface area contributed by atoms with Crippen LogP contribution in [-0.2, 0) is 29.7 Å². The van der Waals surface area contributed by atoms with Gasteiger partial charge in [-0.05, 0) is 35.8 Å². The Bertz CT molecular complexity index is 845. The van der Waals surface area contributed by atoms with E-state index in [1.165, 1.54) is 17.5 Å². The molecule has 1 aliphatic rings. The minimum absolute atomic E-state index is 0.0607. The van der Waals surface area contributed by atoms with Gasteiger partial charge in [0, 0.05) is 44.4 Å². The zero-order valence-electron chi connectivity index (χ0n) is 19.8. The molecule has 2 atom stereocenters. The van der Waals surface area contributed by atoms with Crippen molar-refractivity contribution in [2.45, 2.75) is 78.8 Å². The maximum absolute atomic E-state index is 12.4. The summed E-state index contributed by atoms with van der Waals surface area (Å²) in [5.74, 6) is 2.86. The molecule has 0 spiro atoms. The molecule has 3 rings (SSSR count). The van der Waals surface area contributed by atoms with Crippen molar-refractivity contribution in [3.8, 4) is 0 Å². The number of piperidine rings is 1. The van der Waals surface area contributed by atoms with E-state index < -0.39 is 0 Å². The third kappa shape index (κ3) is 7.17. The summed E-state index contributed by atoms with van der Waals surface area (Å²) in [5.41, 5.74) is 2.38. The third-order valence-corrected chi connectivity index (χ3v) is 5.87. The van der Waals surface area contributed by atoms with Gasteiger partial charge in [-0.1, -0.05) is 64.0 Å². The first kappa shape index (κ1) is 23.5. The number of carbonyl (C=O) groups is 1. The van der Waals surface area contributed by atoms with Crippen molar-refractivity contribution in [3.05, 3.63) is 47.1 Å². The molecule has 6 heteroatoms. The third-order valence-electron chi connectivity index (χ3n) is 5.87. The Morgan fingerprint density at radius 1 is 1.16 bits per heavy atom. The number of carbonyl (C=O) groups excluding carboxylic acids is 1. The van der Waals surface area contributed by atoms with Crippen molar-refractivity contribution in [3.63, 3.8) is 0 Å². The number of aryl methyl sites for hydroxylation is 1. The molecule has 0 saturated carbocycles. The SMILES string of the molecule is C[C@@H]1C[C@H](C)CN(Cc2ccccc2CNC(=O)CCCc2nc(C(C)(C)C)no2)C1. The highest BCUT2D eigenvalue weighted by Gasteiger charge is 2.23. The number of rotatable bonds is 8. The molecule has 6 nitrogen and oxygen atoms in total. The highest BCUT2D eigenvalue weighted by Crippen LogP contribution is 2.23. The Labute approximate surface area is 186 Å². The number of hydrogen-bond acceptors (Lipinski definition) is 5. The summed E-state index contributed by atoms with van der Waals surface area (Å²) in [6.45, 7) is 14.7. The summed E-state index contributed by atoms with van der Waals surface area (Å²) in [6, 6.07) is 8.45. The van der Waals surface area contributed by atoms with Crippen LogP contribution in [0.4, 0.5) is 0 Å². The van der Waals surface area contributed by atoms with Crippen LogP contribution in [0.15, 0.2) is 28.8 Å². The Hall–Kier alpha value is -2.21. The number of nitrogens with one attached hydrogen (secondary N) is 1. The van der Waals surface area contributed by atoms with E-state index in [0.29, 0.717) is 37.5 Å². The van der Waals surface area contributed by atoms with Crippen LogP contribution < -0.4 is 5.32 Å². The van der Waals surface area contributed by atoms with Crippen molar-refractivity contribution < 1.29 is 9.32 Å². The second-order valence-corrected chi connectivity index (χ2v) is 10.3. The average Bonchev–Trinajstić information content (AvgIpc) is 3.16. The lowest BCUT2D eigenvalue weighted by Gasteiger charge is -2.35. The number of nitrogens with zero attached hydrogens (tertiary/aromatic N) is 3. The molecular weight excluding hydrogens is 388 g/mol. The van der Waals surface area contributed by atoms with Crippen LogP contribution in [0.2, 0.25) is 0 Å². The van der Waals surface area contributed by atoms with Gasteiger partial charge in [-0.3, -0.25) is 9.69 Å². The average molecular weight is 427 g/mol. The molecule has 2 heterocycles. The molecule has 1 aromatic carbocycles. The molecule has 170 valence electrons. The van der Waals surface area contributed by atoms with Gasteiger partial charge in [-0.25, -0.2) is 0 Å². The fraction of sp³-hybridized carbons (Fsp3) is 0.640. The van der Waals surface area contributed by atoms with Crippen molar-refractivity contribution in [2.24, 2.45) is 11.8 Å². The number of hydrogen-bond donors (Lipinski definition) is 1. The van der Waals surface area contributed by atoms with E-state index in [1.54, 1.807) is 0 Å². The van der Waals surface area contributed by atoms with E-state index in [9.17, 15) is 4.79 Å². The van der Waals surface area contributed by atoms with Gasteiger partial charge in [0.2, 0.25) is 11.8 Å². The summed E-state index contributed by atoms with van der Waals surface area (Å²) < 4.78 is 5.31. The Kier molecular flexibility index (Phi) is 7.87. The van der Waals surface area contributed by atoms with Gasteiger partial charge in [0.15, 0.2) is 5.82 Å². The Morgan fingerprint density at radius 2 is 1.84 bits per heavy atom. The second-order valence-electron chi connectivity index (χ2n) is 10.3. The van der Waals surface area contributed by atoms with Crippen molar-refractivity contribution >= 4 is 5.91 Å². The van der Waals surface area contributed by atoms with Gasteiger partial charge < -0.3 is 9.84 Å². The van der Waals surface area contributed by atoms with E-state index >= 15 is 0 Å². The molecular formula is C25H38N4O2. The predicted octanol–water partition coefficient (Wildman–Crippen LogP) is 4.48. The molecule has 0 radical (unpaired) electrons. The zero-order valence-corrected chi connectivity index (χ0v) is 19.8. The molecule has 31 heavy (non-hydrogen) atoms. The number of benzene rings is 1. The van der Waals surface area contributed by atoms with Crippen LogP contribution in [0.3, 0.4) is 0 Å². The fourth-order valence-corrected chi connectivity index (χ4v) is 4.39. The largest absolute Gasteiger partial charge is 0.352 e. The summed E-state index contributed by atoms with van der Waals surface area (Å²) in [7, 11) is 0.